The van der Waals surface area contributed by atoms with E-state index in [-0.39, 0.29) is 12.2 Å². The Morgan fingerprint density at radius 3 is 2.61 bits per heavy atom. The van der Waals surface area contributed by atoms with Crippen LogP contribution in [0, 0.1) is 5.92 Å². The molecule has 1 aromatic carbocycles. The zero-order valence-electron chi connectivity index (χ0n) is 15.1. The van der Waals surface area contributed by atoms with Crippen molar-refractivity contribution in [3.8, 4) is 11.5 Å². The van der Waals surface area contributed by atoms with Crippen LogP contribution in [0.4, 0.5) is 0 Å². The van der Waals surface area contributed by atoms with E-state index in [1.54, 1.807) is 6.08 Å². The minimum atomic E-state index is -0.326. The van der Waals surface area contributed by atoms with Crippen LogP contribution in [0.15, 0.2) is 24.3 Å². The molecule has 1 aromatic rings. The molecule has 0 amide bonds. The number of hydrogen-bond donors (Lipinski definition) is 1. The summed E-state index contributed by atoms with van der Waals surface area (Å²) in [6.07, 6.45) is 4.01. The predicted molar refractivity (Wildman–Crippen MR) is 95.9 cm³/mol. The Bertz CT molecular complexity index is 637. The first-order chi connectivity index (χ1) is 10.8. The second-order valence-electron chi connectivity index (χ2n) is 6.81. The van der Waals surface area contributed by atoms with Gasteiger partial charge in [0, 0.05) is 17.2 Å². The first kappa shape index (κ1) is 17.6. The highest BCUT2D eigenvalue weighted by Gasteiger charge is 2.29. The Kier molecular flexibility index (Phi) is 5.20. The molecule has 0 fully saturated rings. The van der Waals surface area contributed by atoms with Crippen LogP contribution in [0.2, 0.25) is 0 Å². The molecule has 0 saturated heterocycles. The number of fused-ring (bicyclic) bond motifs is 1. The number of aliphatic hydroxyl groups is 1. The molecule has 1 N–H and O–H groups in total. The normalized spacial score (nSPS) is 16.7. The van der Waals surface area contributed by atoms with Crippen molar-refractivity contribution in [2.45, 2.75) is 47.1 Å². The average molecular weight is 316 g/mol. The molecule has 23 heavy (non-hydrogen) atoms. The van der Waals surface area contributed by atoms with E-state index >= 15 is 0 Å². The highest BCUT2D eigenvalue weighted by atomic mass is 16.5. The van der Waals surface area contributed by atoms with Gasteiger partial charge in [0.1, 0.15) is 17.1 Å². The van der Waals surface area contributed by atoms with Crippen molar-refractivity contribution in [1.29, 1.82) is 0 Å². The third kappa shape index (κ3) is 3.78. The first-order valence-corrected chi connectivity index (χ1v) is 8.30. The lowest BCUT2D eigenvalue weighted by Crippen LogP contribution is -2.29. The van der Waals surface area contributed by atoms with Crippen LogP contribution in [-0.2, 0) is 0 Å². The minimum Gasteiger partial charge on any atom is -0.493 e. The molecule has 2 rings (SSSR count). The maximum Gasteiger partial charge on any atom is 0.131 e. The van der Waals surface area contributed by atoms with Crippen molar-refractivity contribution in [3.05, 3.63) is 35.4 Å². The molecule has 3 nitrogen and oxygen atoms in total. The molecule has 0 saturated carbocycles. The zero-order valence-corrected chi connectivity index (χ0v) is 15.1. The highest BCUT2D eigenvalue weighted by molar-refractivity contribution is 5.80. The third-order valence-electron chi connectivity index (χ3n) is 4.01. The zero-order chi connectivity index (χ0) is 17.2. The fraction of sp³-hybridized carbons (Fsp3) is 0.500. The largest absolute Gasteiger partial charge is 0.493 e. The summed E-state index contributed by atoms with van der Waals surface area (Å²) in [6.45, 7) is 13.1. The van der Waals surface area contributed by atoms with Crippen molar-refractivity contribution >= 4 is 11.1 Å². The van der Waals surface area contributed by atoms with E-state index in [2.05, 4.69) is 39.8 Å². The van der Waals surface area contributed by atoms with Crippen LogP contribution in [-0.4, -0.2) is 23.9 Å². The van der Waals surface area contributed by atoms with Crippen molar-refractivity contribution < 1.29 is 14.6 Å². The molecule has 126 valence electrons. The van der Waals surface area contributed by atoms with Gasteiger partial charge in [0.25, 0.3) is 0 Å². The number of benzene rings is 1. The fourth-order valence-corrected chi connectivity index (χ4v) is 2.94. The monoisotopic (exact) mass is 316 g/mol. The summed E-state index contributed by atoms with van der Waals surface area (Å²) in [5.74, 6) is 2.07. The molecule has 1 aliphatic heterocycles. The molecule has 0 atom stereocenters. The molecule has 0 spiro atoms. The Labute approximate surface area is 139 Å². The van der Waals surface area contributed by atoms with Crippen LogP contribution < -0.4 is 9.47 Å². The quantitative estimate of drug-likeness (QED) is 0.856. The first-order valence-electron chi connectivity index (χ1n) is 8.30. The summed E-state index contributed by atoms with van der Waals surface area (Å²) >= 11 is 0. The topological polar surface area (TPSA) is 38.7 Å². The van der Waals surface area contributed by atoms with Gasteiger partial charge in [0.15, 0.2) is 0 Å². The summed E-state index contributed by atoms with van der Waals surface area (Å²) in [5.41, 5.74) is 4.09. The lowest BCUT2D eigenvalue weighted by molar-refractivity contribution is 0.156. The highest BCUT2D eigenvalue weighted by Crippen LogP contribution is 2.44. The molecule has 0 aliphatic carbocycles. The van der Waals surface area contributed by atoms with Gasteiger partial charge in [-0.25, -0.2) is 0 Å². The molecule has 3 heteroatoms. The second-order valence-corrected chi connectivity index (χ2v) is 6.81. The van der Waals surface area contributed by atoms with E-state index in [9.17, 15) is 5.11 Å². The van der Waals surface area contributed by atoms with Gasteiger partial charge in [0.2, 0.25) is 0 Å². The van der Waals surface area contributed by atoms with Crippen LogP contribution in [0.1, 0.15) is 52.7 Å². The van der Waals surface area contributed by atoms with E-state index < -0.39 is 0 Å². The SMILES string of the molecule is CCOc1cc2c(cc1C(C)=CCO)C(C(C)C)=CC(C)(C)O2. The molecular formula is C20H28O3. The summed E-state index contributed by atoms with van der Waals surface area (Å²) in [5, 5.41) is 9.21. The molecule has 1 heterocycles. The van der Waals surface area contributed by atoms with Gasteiger partial charge in [-0.1, -0.05) is 19.9 Å². The maximum atomic E-state index is 9.21. The van der Waals surface area contributed by atoms with Crippen molar-refractivity contribution in [2.24, 2.45) is 5.92 Å². The molecule has 0 radical (unpaired) electrons. The van der Waals surface area contributed by atoms with Gasteiger partial charge in [-0.3, -0.25) is 0 Å². The van der Waals surface area contributed by atoms with Gasteiger partial charge < -0.3 is 14.6 Å². The van der Waals surface area contributed by atoms with Gasteiger partial charge in [-0.05, 0) is 56.9 Å². The number of rotatable bonds is 5. The fourth-order valence-electron chi connectivity index (χ4n) is 2.94. The Hall–Kier alpha value is -1.74. The third-order valence-corrected chi connectivity index (χ3v) is 4.01. The van der Waals surface area contributed by atoms with Gasteiger partial charge in [0.05, 0.1) is 13.2 Å². The van der Waals surface area contributed by atoms with E-state index in [0.717, 1.165) is 28.2 Å². The lowest BCUT2D eigenvalue weighted by Gasteiger charge is -2.33. The number of ether oxygens (including phenoxy) is 2. The van der Waals surface area contributed by atoms with E-state index in [1.165, 1.54) is 5.57 Å². The summed E-state index contributed by atoms with van der Waals surface area (Å²) in [7, 11) is 0. The van der Waals surface area contributed by atoms with Gasteiger partial charge in [-0.2, -0.15) is 0 Å². The number of hydrogen-bond acceptors (Lipinski definition) is 3. The predicted octanol–water partition coefficient (Wildman–Crippen LogP) is 4.69. The maximum absolute atomic E-state index is 9.21. The van der Waals surface area contributed by atoms with Crippen LogP contribution in [0.5, 0.6) is 11.5 Å². The van der Waals surface area contributed by atoms with E-state index in [4.69, 9.17) is 9.47 Å². The van der Waals surface area contributed by atoms with Gasteiger partial charge >= 0.3 is 0 Å². The Morgan fingerprint density at radius 1 is 1.35 bits per heavy atom. The lowest BCUT2D eigenvalue weighted by atomic mass is 9.86. The standard InChI is InChI=1S/C20H28O3/c1-7-22-18-11-19-16(10-15(18)14(4)8-9-21)17(13(2)3)12-20(5,6)23-19/h8,10-13,21H,7,9H2,1-6H3. The second kappa shape index (κ2) is 6.79. The Morgan fingerprint density at radius 2 is 2.04 bits per heavy atom. The molecule has 0 bridgehead atoms. The summed E-state index contributed by atoms with van der Waals surface area (Å²) in [6, 6.07) is 4.11. The Balaban J connectivity index is 2.65. The van der Waals surface area contributed by atoms with Crippen molar-refractivity contribution in [1.82, 2.24) is 0 Å². The number of allylic oxidation sites excluding steroid dienone is 2. The van der Waals surface area contributed by atoms with Crippen LogP contribution in [0.3, 0.4) is 0 Å². The molecule has 0 aromatic heterocycles. The van der Waals surface area contributed by atoms with E-state index in [1.807, 2.05) is 19.9 Å². The number of aliphatic hydroxyl groups excluding tert-OH is 1. The summed E-state index contributed by atoms with van der Waals surface area (Å²) < 4.78 is 12.0. The molecule has 0 unspecified atom stereocenters. The van der Waals surface area contributed by atoms with Gasteiger partial charge in [-0.15, -0.1) is 0 Å². The van der Waals surface area contributed by atoms with Crippen LogP contribution >= 0.6 is 0 Å². The van der Waals surface area contributed by atoms with E-state index in [0.29, 0.717) is 12.5 Å². The van der Waals surface area contributed by atoms with Crippen molar-refractivity contribution in [2.75, 3.05) is 13.2 Å². The minimum absolute atomic E-state index is 0.0187. The summed E-state index contributed by atoms with van der Waals surface area (Å²) in [4.78, 5) is 0. The molecular weight excluding hydrogens is 288 g/mol. The molecule has 1 aliphatic rings. The van der Waals surface area contributed by atoms with Crippen molar-refractivity contribution in [3.63, 3.8) is 0 Å². The smallest absolute Gasteiger partial charge is 0.131 e. The average Bonchev–Trinajstić information content (AvgIpc) is 2.45. The van der Waals surface area contributed by atoms with Crippen LogP contribution in [0.25, 0.3) is 11.1 Å².